The highest BCUT2D eigenvalue weighted by atomic mass is 16.5. The number of aromatic hydroxyl groups is 1. The molecule has 2 aliphatic rings. The molecule has 144 valence electrons. The molecule has 0 spiro atoms. The number of carbonyl (C=O) groups excluding carboxylic acids is 1. The van der Waals surface area contributed by atoms with Crippen molar-refractivity contribution in [2.24, 2.45) is 0 Å². The van der Waals surface area contributed by atoms with Crippen LogP contribution in [0.5, 0.6) is 5.75 Å². The Hall–Kier alpha value is -2.47. The topological polar surface area (TPSA) is 57.9 Å². The summed E-state index contributed by atoms with van der Waals surface area (Å²) in [6, 6.07) is 11.3. The third-order valence-electron chi connectivity index (χ3n) is 5.90. The van der Waals surface area contributed by atoms with E-state index >= 15 is 0 Å². The van der Waals surface area contributed by atoms with Crippen LogP contribution in [0.15, 0.2) is 48.8 Å². The molecule has 2 fully saturated rings. The van der Waals surface area contributed by atoms with E-state index in [9.17, 15) is 9.90 Å². The standard InChI is InChI=1S/C21H27N3O3/c25-19-5-3-18(4-6-19)22-11-13-23(14-12-22)20(26)17-21(7-15-27-16-8-21)24-9-1-2-10-24/h1-6,9-10,25H,7-8,11-17H2. The van der Waals surface area contributed by atoms with E-state index in [1.54, 1.807) is 12.1 Å². The van der Waals surface area contributed by atoms with Crippen molar-refractivity contribution in [2.75, 3.05) is 44.3 Å². The molecule has 1 aromatic heterocycles. The van der Waals surface area contributed by atoms with E-state index in [1.165, 1.54) is 0 Å². The molecule has 1 aromatic carbocycles. The molecule has 2 saturated heterocycles. The van der Waals surface area contributed by atoms with Crippen molar-refractivity contribution >= 4 is 11.6 Å². The average molecular weight is 369 g/mol. The number of hydrogen-bond donors (Lipinski definition) is 1. The van der Waals surface area contributed by atoms with Crippen LogP contribution in [-0.2, 0) is 15.1 Å². The third-order valence-corrected chi connectivity index (χ3v) is 5.90. The van der Waals surface area contributed by atoms with Crippen LogP contribution in [0.3, 0.4) is 0 Å². The molecule has 1 N–H and O–H groups in total. The number of anilines is 1. The molecule has 2 aromatic rings. The number of phenolic OH excluding ortho intramolecular Hbond substituents is 1. The van der Waals surface area contributed by atoms with Gasteiger partial charge in [0.25, 0.3) is 0 Å². The molecule has 0 radical (unpaired) electrons. The molecular formula is C21H27N3O3. The highest BCUT2D eigenvalue weighted by molar-refractivity contribution is 5.77. The van der Waals surface area contributed by atoms with Gasteiger partial charge in [-0.15, -0.1) is 0 Å². The quantitative estimate of drug-likeness (QED) is 0.899. The van der Waals surface area contributed by atoms with Gasteiger partial charge >= 0.3 is 0 Å². The second-order valence-electron chi connectivity index (χ2n) is 7.49. The number of piperazine rings is 1. The summed E-state index contributed by atoms with van der Waals surface area (Å²) in [5.74, 6) is 0.510. The Bertz CT molecular complexity index is 743. The van der Waals surface area contributed by atoms with Crippen molar-refractivity contribution in [3.63, 3.8) is 0 Å². The summed E-state index contributed by atoms with van der Waals surface area (Å²) in [7, 11) is 0. The Balaban J connectivity index is 1.39. The van der Waals surface area contributed by atoms with E-state index in [1.807, 2.05) is 29.2 Å². The van der Waals surface area contributed by atoms with Gasteiger partial charge in [-0.3, -0.25) is 4.79 Å². The molecule has 0 aliphatic carbocycles. The number of hydrogen-bond acceptors (Lipinski definition) is 4. The SMILES string of the molecule is O=C(CC1(n2cccc2)CCOCC1)N1CCN(c2ccc(O)cc2)CC1. The molecule has 0 atom stereocenters. The van der Waals surface area contributed by atoms with Gasteiger partial charge in [0.05, 0.1) is 12.0 Å². The van der Waals surface area contributed by atoms with Crippen LogP contribution in [0, 0.1) is 0 Å². The van der Waals surface area contributed by atoms with Crippen LogP contribution in [0.2, 0.25) is 0 Å². The molecule has 4 rings (SSSR count). The minimum absolute atomic E-state index is 0.160. The second kappa shape index (κ2) is 7.64. The van der Waals surface area contributed by atoms with Crippen LogP contribution < -0.4 is 4.90 Å². The first-order valence-corrected chi connectivity index (χ1v) is 9.69. The Morgan fingerprint density at radius 2 is 1.63 bits per heavy atom. The summed E-state index contributed by atoms with van der Waals surface area (Å²) < 4.78 is 7.77. The molecule has 3 heterocycles. The lowest BCUT2D eigenvalue weighted by atomic mass is 9.85. The monoisotopic (exact) mass is 369 g/mol. The van der Waals surface area contributed by atoms with Crippen LogP contribution in [0.1, 0.15) is 19.3 Å². The van der Waals surface area contributed by atoms with Gasteiger partial charge in [-0.1, -0.05) is 0 Å². The first-order valence-electron chi connectivity index (χ1n) is 9.69. The fraction of sp³-hybridized carbons (Fsp3) is 0.476. The molecule has 6 heteroatoms. The van der Waals surface area contributed by atoms with Gasteiger partial charge in [0, 0.05) is 57.5 Å². The lowest BCUT2D eigenvalue weighted by Crippen LogP contribution is -2.51. The summed E-state index contributed by atoms with van der Waals surface area (Å²) in [4.78, 5) is 17.3. The zero-order valence-corrected chi connectivity index (χ0v) is 15.6. The Morgan fingerprint density at radius 3 is 2.26 bits per heavy atom. The first-order chi connectivity index (χ1) is 13.2. The summed E-state index contributed by atoms with van der Waals surface area (Å²) >= 11 is 0. The van der Waals surface area contributed by atoms with Crippen molar-refractivity contribution in [1.82, 2.24) is 9.47 Å². The van der Waals surface area contributed by atoms with Gasteiger partial charge in [0.15, 0.2) is 0 Å². The number of ether oxygens (including phenoxy) is 1. The minimum Gasteiger partial charge on any atom is -0.508 e. The number of carbonyl (C=O) groups is 1. The molecule has 0 saturated carbocycles. The van der Waals surface area contributed by atoms with E-state index in [2.05, 4.69) is 21.9 Å². The van der Waals surface area contributed by atoms with Crippen LogP contribution >= 0.6 is 0 Å². The normalized spacial score (nSPS) is 19.9. The van der Waals surface area contributed by atoms with Gasteiger partial charge in [0.2, 0.25) is 5.91 Å². The Morgan fingerprint density at radius 1 is 1.00 bits per heavy atom. The number of amides is 1. The highest BCUT2D eigenvalue weighted by Gasteiger charge is 2.37. The number of phenols is 1. The fourth-order valence-electron chi connectivity index (χ4n) is 4.20. The molecule has 6 nitrogen and oxygen atoms in total. The molecule has 2 aliphatic heterocycles. The number of benzene rings is 1. The summed E-state index contributed by atoms with van der Waals surface area (Å²) in [5, 5.41) is 9.45. The summed E-state index contributed by atoms with van der Waals surface area (Å²) in [6.07, 6.45) is 6.43. The Labute approximate surface area is 159 Å². The maximum absolute atomic E-state index is 13.1. The van der Waals surface area contributed by atoms with Crippen molar-refractivity contribution in [1.29, 1.82) is 0 Å². The lowest BCUT2D eigenvalue weighted by Gasteiger charge is -2.41. The number of nitrogens with zero attached hydrogens (tertiary/aromatic N) is 3. The van der Waals surface area contributed by atoms with E-state index in [0.717, 1.165) is 44.7 Å². The molecule has 1 amide bonds. The third kappa shape index (κ3) is 3.81. The average Bonchev–Trinajstić information content (AvgIpc) is 3.25. The van der Waals surface area contributed by atoms with Gasteiger partial charge in [-0.25, -0.2) is 0 Å². The van der Waals surface area contributed by atoms with Gasteiger partial charge < -0.3 is 24.2 Å². The van der Waals surface area contributed by atoms with Crippen LogP contribution in [0.25, 0.3) is 0 Å². The van der Waals surface area contributed by atoms with Gasteiger partial charge in [-0.2, -0.15) is 0 Å². The van der Waals surface area contributed by atoms with Crippen LogP contribution in [0.4, 0.5) is 5.69 Å². The van der Waals surface area contributed by atoms with E-state index in [0.29, 0.717) is 19.6 Å². The minimum atomic E-state index is -0.160. The maximum atomic E-state index is 13.1. The highest BCUT2D eigenvalue weighted by Crippen LogP contribution is 2.34. The molecule has 0 bridgehead atoms. The molecular weight excluding hydrogens is 342 g/mol. The molecule has 27 heavy (non-hydrogen) atoms. The Kier molecular flexibility index (Phi) is 5.07. The van der Waals surface area contributed by atoms with Crippen LogP contribution in [-0.4, -0.2) is 59.9 Å². The van der Waals surface area contributed by atoms with E-state index < -0.39 is 0 Å². The summed E-state index contributed by atoms with van der Waals surface area (Å²) in [5.41, 5.74) is 0.931. The second-order valence-corrected chi connectivity index (χ2v) is 7.49. The number of rotatable bonds is 4. The van der Waals surface area contributed by atoms with E-state index in [4.69, 9.17) is 4.74 Å². The van der Waals surface area contributed by atoms with E-state index in [-0.39, 0.29) is 17.2 Å². The fourth-order valence-corrected chi connectivity index (χ4v) is 4.20. The summed E-state index contributed by atoms with van der Waals surface area (Å²) in [6.45, 7) is 4.52. The van der Waals surface area contributed by atoms with Gasteiger partial charge in [-0.05, 0) is 49.2 Å². The predicted octanol–water partition coefficient (Wildman–Crippen LogP) is 2.44. The van der Waals surface area contributed by atoms with Crippen molar-refractivity contribution in [3.05, 3.63) is 48.8 Å². The zero-order chi connectivity index (χ0) is 18.7. The predicted molar refractivity (Wildman–Crippen MR) is 104 cm³/mol. The largest absolute Gasteiger partial charge is 0.508 e. The van der Waals surface area contributed by atoms with Crippen molar-refractivity contribution in [2.45, 2.75) is 24.8 Å². The van der Waals surface area contributed by atoms with Gasteiger partial charge in [0.1, 0.15) is 5.75 Å². The maximum Gasteiger partial charge on any atom is 0.225 e. The zero-order valence-electron chi connectivity index (χ0n) is 15.6. The van der Waals surface area contributed by atoms with Crippen molar-refractivity contribution in [3.8, 4) is 5.75 Å². The first kappa shape index (κ1) is 17.9. The smallest absolute Gasteiger partial charge is 0.225 e. The molecule has 0 unspecified atom stereocenters. The number of aromatic nitrogens is 1. The van der Waals surface area contributed by atoms with Crippen molar-refractivity contribution < 1.29 is 14.6 Å². The lowest BCUT2D eigenvalue weighted by molar-refractivity contribution is -0.135.